The van der Waals surface area contributed by atoms with E-state index in [2.05, 4.69) is 49.5 Å². The number of rotatable bonds is 4. The summed E-state index contributed by atoms with van der Waals surface area (Å²) in [6.45, 7) is 4.43. The maximum absolute atomic E-state index is 5.84. The summed E-state index contributed by atoms with van der Waals surface area (Å²) in [6.07, 6.45) is 2.28. The second-order valence-electron chi connectivity index (χ2n) is 4.97. The minimum absolute atomic E-state index is 0.538. The molecule has 0 radical (unpaired) electrons. The molecule has 1 heterocycles. The third-order valence-corrected chi connectivity index (χ3v) is 3.73. The third-order valence-electron chi connectivity index (χ3n) is 3.73. The minimum Gasteiger partial charge on any atom is -0.456 e. The van der Waals surface area contributed by atoms with Crippen LogP contribution in [0.4, 0.5) is 5.69 Å². The van der Waals surface area contributed by atoms with Gasteiger partial charge in [0, 0.05) is 22.5 Å². The standard InChI is InChI=1S/C17H19NO/c1-3-12(4-2)18-13-9-10-17-15(11-13)14-7-5-6-8-16(14)19-17/h5-12,18H,3-4H2,1-2H3. The summed E-state index contributed by atoms with van der Waals surface area (Å²) in [5, 5.41) is 5.96. The van der Waals surface area contributed by atoms with Crippen LogP contribution in [-0.2, 0) is 0 Å². The van der Waals surface area contributed by atoms with E-state index in [4.69, 9.17) is 4.42 Å². The van der Waals surface area contributed by atoms with Crippen molar-refractivity contribution in [3.8, 4) is 0 Å². The van der Waals surface area contributed by atoms with E-state index >= 15 is 0 Å². The molecule has 3 aromatic rings. The second-order valence-corrected chi connectivity index (χ2v) is 4.97. The lowest BCUT2D eigenvalue weighted by Gasteiger charge is -2.16. The number of furan rings is 1. The van der Waals surface area contributed by atoms with Crippen molar-refractivity contribution in [3.63, 3.8) is 0 Å². The van der Waals surface area contributed by atoms with Crippen molar-refractivity contribution >= 4 is 27.6 Å². The smallest absolute Gasteiger partial charge is 0.135 e. The van der Waals surface area contributed by atoms with Crippen molar-refractivity contribution in [1.82, 2.24) is 0 Å². The van der Waals surface area contributed by atoms with E-state index in [0.29, 0.717) is 6.04 Å². The summed E-state index contributed by atoms with van der Waals surface area (Å²) >= 11 is 0. The number of hydrogen-bond donors (Lipinski definition) is 1. The first-order chi connectivity index (χ1) is 9.31. The highest BCUT2D eigenvalue weighted by Crippen LogP contribution is 2.30. The number of anilines is 1. The molecule has 0 amide bonds. The van der Waals surface area contributed by atoms with Crippen molar-refractivity contribution < 1.29 is 4.42 Å². The summed E-state index contributed by atoms with van der Waals surface area (Å²) < 4.78 is 5.84. The van der Waals surface area contributed by atoms with Gasteiger partial charge in [-0.25, -0.2) is 0 Å². The van der Waals surface area contributed by atoms with Gasteiger partial charge in [-0.2, -0.15) is 0 Å². The quantitative estimate of drug-likeness (QED) is 0.692. The molecule has 0 saturated carbocycles. The van der Waals surface area contributed by atoms with Gasteiger partial charge in [0.1, 0.15) is 11.2 Å². The van der Waals surface area contributed by atoms with Gasteiger partial charge < -0.3 is 9.73 Å². The second kappa shape index (κ2) is 4.96. The molecule has 2 nitrogen and oxygen atoms in total. The zero-order chi connectivity index (χ0) is 13.2. The van der Waals surface area contributed by atoms with Gasteiger partial charge in [-0.05, 0) is 37.1 Å². The van der Waals surface area contributed by atoms with Crippen LogP contribution in [0, 0.1) is 0 Å². The molecule has 1 N–H and O–H groups in total. The highest BCUT2D eigenvalue weighted by molar-refractivity contribution is 6.05. The van der Waals surface area contributed by atoms with Crippen molar-refractivity contribution in [2.45, 2.75) is 32.7 Å². The molecule has 3 rings (SSSR count). The summed E-state index contributed by atoms with van der Waals surface area (Å²) in [7, 11) is 0. The van der Waals surface area contributed by atoms with Crippen LogP contribution in [-0.4, -0.2) is 6.04 Å². The maximum atomic E-state index is 5.84. The van der Waals surface area contributed by atoms with Crippen LogP contribution in [0.3, 0.4) is 0 Å². The van der Waals surface area contributed by atoms with E-state index < -0.39 is 0 Å². The van der Waals surface area contributed by atoms with Crippen LogP contribution in [0.5, 0.6) is 0 Å². The Labute approximate surface area is 113 Å². The fraction of sp³-hybridized carbons (Fsp3) is 0.294. The molecular formula is C17H19NO. The molecule has 0 fully saturated rings. The molecule has 0 bridgehead atoms. The molecule has 0 aliphatic carbocycles. The molecule has 0 aliphatic rings. The third kappa shape index (κ3) is 2.19. The van der Waals surface area contributed by atoms with Crippen LogP contribution in [0.25, 0.3) is 21.9 Å². The summed E-state index contributed by atoms with van der Waals surface area (Å²) in [6, 6.07) is 15.1. The number of hydrogen-bond acceptors (Lipinski definition) is 2. The van der Waals surface area contributed by atoms with E-state index in [1.165, 1.54) is 16.5 Å². The first kappa shape index (κ1) is 12.1. The summed E-state index contributed by atoms with van der Waals surface area (Å²) in [5.41, 5.74) is 3.08. The van der Waals surface area contributed by atoms with Gasteiger partial charge in [-0.15, -0.1) is 0 Å². The Morgan fingerprint density at radius 2 is 1.68 bits per heavy atom. The fourth-order valence-electron chi connectivity index (χ4n) is 2.54. The Bertz CT molecular complexity index is 695. The Kier molecular flexibility index (Phi) is 3.16. The predicted molar refractivity (Wildman–Crippen MR) is 81.7 cm³/mol. The predicted octanol–water partition coefficient (Wildman–Crippen LogP) is 5.19. The topological polar surface area (TPSA) is 25.2 Å². The first-order valence-corrected chi connectivity index (χ1v) is 6.99. The van der Waals surface area contributed by atoms with E-state index in [0.717, 1.165) is 24.0 Å². The molecule has 2 aromatic carbocycles. The number of nitrogens with one attached hydrogen (secondary N) is 1. The van der Waals surface area contributed by atoms with Crippen molar-refractivity contribution in [2.75, 3.05) is 5.32 Å². The van der Waals surface area contributed by atoms with Crippen LogP contribution in [0.2, 0.25) is 0 Å². The molecular weight excluding hydrogens is 234 g/mol. The van der Waals surface area contributed by atoms with E-state index in [1.807, 2.05) is 12.1 Å². The average molecular weight is 253 g/mol. The van der Waals surface area contributed by atoms with Crippen LogP contribution in [0.1, 0.15) is 26.7 Å². The molecule has 0 atom stereocenters. The lowest BCUT2D eigenvalue weighted by molar-refractivity contribution is 0.667. The first-order valence-electron chi connectivity index (χ1n) is 6.99. The van der Waals surface area contributed by atoms with Crippen molar-refractivity contribution in [3.05, 3.63) is 42.5 Å². The van der Waals surface area contributed by atoms with Gasteiger partial charge in [0.2, 0.25) is 0 Å². The Balaban J connectivity index is 2.06. The summed E-state index contributed by atoms with van der Waals surface area (Å²) in [5.74, 6) is 0. The van der Waals surface area contributed by atoms with E-state index in [-0.39, 0.29) is 0 Å². The fourth-order valence-corrected chi connectivity index (χ4v) is 2.54. The highest BCUT2D eigenvalue weighted by Gasteiger charge is 2.08. The Morgan fingerprint density at radius 1 is 0.947 bits per heavy atom. The van der Waals surface area contributed by atoms with E-state index in [9.17, 15) is 0 Å². The van der Waals surface area contributed by atoms with Gasteiger partial charge in [0.25, 0.3) is 0 Å². The number of benzene rings is 2. The monoisotopic (exact) mass is 253 g/mol. The van der Waals surface area contributed by atoms with Gasteiger partial charge in [0.15, 0.2) is 0 Å². The van der Waals surface area contributed by atoms with Gasteiger partial charge in [-0.1, -0.05) is 32.0 Å². The largest absolute Gasteiger partial charge is 0.456 e. The lowest BCUT2D eigenvalue weighted by atomic mass is 10.1. The van der Waals surface area contributed by atoms with Crippen LogP contribution in [0.15, 0.2) is 46.9 Å². The minimum atomic E-state index is 0.538. The lowest BCUT2D eigenvalue weighted by Crippen LogP contribution is -2.16. The SMILES string of the molecule is CCC(CC)Nc1ccc2oc3ccccc3c2c1. The Hall–Kier alpha value is -1.96. The van der Waals surface area contributed by atoms with Crippen molar-refractivity contribution in [1.29, 1.82) is 0 Å². The number of para-hydroxylation sites is 1. The van der Waals surface area contributed by atoms with Crippen LogP contribution < -0.4 is 5.32 Å². The molecule has 98 valence electrons. The molecule has 0 spiro atoms. The van der Waals surface area contributed by atoms with Crippen LogP contribution >= 0.6 is 0 Å². The Morgan fingerprint density at radius 3 is 2.47 bits per heavy atom. The number of fused-ring (bicyclic) bond motifs is 3. The summed E-state index contributed by atoms with van der Waals surface area (Å²) in [4.78, 5) is 0. The molecule has 0 unspecified atom stereocenters. The maximum Gasteiger partial charge on any atom is 0.135 e. The zero-order valence-corrected chi connectivity index (χ0v) is 11.4. The average Bonchev–Trinajstić information content (AvgIpc) is 2.82. The van der Waals surface area contributed by atoms with E-state index in [1.54, 1.807) is 0 Å². The zero-order valence-electron chi connectivity index (χ0n) is 11.4. The van der Waals surface area contributed by atoms with Gasteiger partial charge in [0.05, 0.1) is 0 Å². The molecule has 19 heavy (non-hydrogen) atoms. The molecule has 2 heteroatoms. The van der Waals surface area contributed by atoms with Crippen molar-refractivity contribution in [2.24, 2.45) is 0 Å². The van der Waals surface area contributed by atoms with Gasteiger partial charge >= 0.3 is 0 Å². The molecule has 0 aliphatic heterocycles. The molecule has 1 aromatic heterocycles. The molecule has 0 saturated heterocycles. The normalized spacial score (nSPS) is 11.5. The van der Waals surface area contributed by atoms with Gasteiger partial charge in [-0.3, -0.25) is 0 Å². The highest BCUT2D eigenvalue weighted by atomic mass is 16.3.